The number of aliphatic hydroxyl groups excluding tert-OH is 1. The lowest BCUT2D eigenvalue weighted by molar-refractivity contribution is 0.165. The molecule has 0 spiro atoms. The molecule has 2 atom stereocenters. The maximum atomic E-state index is 9.91. The zero-order chi connectivity index (χ0) is 11.9. The smallest absolute Gasteiger partial charge is 0.121 e. The van der Waals surface area contributed by atoms with Gasteiger partial charge in [0.1, 0.15) is 5.75 Å². The molecule has 2 rings (SSSR count). The van der Waals surface area contributed by atoms with E-state index in [1.807, 2.05) is 12.1 Å². The van der Waals surface area contributed by atoms with Crippen molar-refractivity contribution in [2.24, 2.45) is 0 Å². The third-order valence-corrected chi connectivity index (χ3v) is 3.34. The SMILES string of the molecule is CC(O)C1CN(C(C)C)c2cccc(O)c21. The molecule has 0 bridgehead atoms. The first-order chi connectivity index (χ1) is 7.52. The molecule has 1 aromatic rings. The molecule has 0 saturated carbocycles. The minimum absolute atomic E-state index is 0.0126. The summed E-state index contributed by atoms with van der Waals surface area (Å²) in [6.45, 7) is 6.81. The fourth-order valence-corrected chi connectivity index (χ4v) is 2.46. The summed E-state index contributed by atoms with van der Waals surface area (Å²) >= 11 is 0. The van der Waals surface area contributed by atoms with Crippen molar-refractivity contribution < 1.29 is 10.2 Å². The highest BCUT2D eigenvalue weighted by Crippen LogP contribution is 2.43. The van der Waals surface area contributed by atoms with Gasteiger partial charge in [0, 0.05) is 29.8 Å². The van der Waals surface area contributed by atoms with Gasteiger partial charge in [-0.1, -0.05) is 6.07 Å². The fourth-order valence-electron chi connectivity index (χ4n) is 2.46. The van der Waals surface area contributed by atoms with Gasteiger partial charge in [-0.05, 0) is 32.9 Å². The van der Waals surface area contributed by atoms with Gasteiger partial charge in [-0.25, -0.2) is 0 Å². The highest BCUT2D eigenvalue weighted by atomic mass is 16.3. The second kappa shape index (κ2) is 3.98. The number of fused-ring (bicyclic) bond motifs is 1. The number of hydrogen-bond acceptors (Lipinski definition) is 3. The van der Waals surface area contributed by atoms with Crippen molar-refractivity contribution in [1.29, 1.82) is 0 Å². The van der Waals surface area contributed by atoms with Crippen molar-refractivity contribution in [2.45, 2.75) is 38.8 Å². The minimum Gasteiger partial charge on any atom is -0.508 e. The summed E-state index contributed by atoms with van der Waals surface area (Å²) in [7, 11) is 0. The molecular weight excluding hydrogens is 202 g/mol. The largest absolute Gasteiger partial charge is 0.508 e. The molecule has 0 saturated heterocycles. The molecule has 16 heavy (non-hydrogen) atoms. The van der Waals surface area contributed by atoms with E-state index in [2.05, 4.69) is 18.7 Å². The summed E-state index contributed by atoms with van der Waals surface area (Å²) in [5, 5.41) is 19.7. The Kier molecular flexibility index (Phi) is 2.80. The summed E-state index contributed by atoms with van der Waals surface area (Å²) in [6, 6.07) is 5.94. The number of nitrogens with zero attached hydrogens (tertiary/aromatic N) is 1. The number of phenols is 1. The van der Waals surface area contributed by atoms with Gasteiger partial charge in [0.2, 0.25) is 0 Å². The Morgan fingerprint density at radius 1 is 1.31 bits per heavy atom. The Bertz CT molecular complexity index is 388. The molecule has 0 aliphatic carbocycles. The van der Waals surface area contributed by atoms with E-state index < -0.39 is 6.10 Å². The van der Waals surface area contributed by atoms with Gasteiger partial charge >= 0.3 is 0 Å². The van der Waals surface area contributed by atoms with Crippen LogP contribution in [0.1, 0.15) is 32.3 Å². The van der Waals surface area contributed by atoms with Gasteiger partial charge in [0.05, 0.1) is 6.10 Å². The molecule has 88 valence electrons. The number of phenolic OH excluding ortho intramolecular Hbond substituents is 1. The summed E-state index contributed by atoms with van der Waals surface area (Å²) in [4.78, 5) is 2.23. The van der Waals surface area contributed by atoms with Crippen LogP contribution in [0.5, 0.6) is 5.75 Å². The van der Waals surface area contributed by atoms with Crippen molar-refractivity contribution in [3.8, 4) is 5.75 Å². The van der Waals surface area contributed by atoms with E-state index in [1.165, 1.54) is 0 Å². The molecule has 1 aliphatic heterocycles. The Morgan fingerprint density at radius 3 is 2.56 bits per heavy atom. The van der Waals surface area contributed by atoms with Crippen LogP contribution in [-0.2, 0) is 0 Å². The third kappa shape index (κ3) is 1.65. The lowest BCUT2D eigenvalue weighted by Gasteiger charge is -2.24. The van der Waals surface area contributed by atoms with Gasteiger partial charge in [-0.2, -0.15) is 0 Å². The molecule has 0 fully saturated rings. The number of hydrogen-bond donors (Lipinski definition) is 2. The lowest BCUT2D eigenvalue weighted by Crippen LogP contribution is -2.31. The van der Waals surface area contributed by atoms with Crippen LogP contribution in [0, 0.1) is 0 Å². The zero-order valence-corrected chi connectivity index (χ0v) is 10.0. The Morgan fingerprint density at radius 2 is 2.00 bits per heavy atom. The second-order valence-corrected chi connectivity index (χ2v) is 4.80. The highest BCUT2D eigenvalue weighted by Gasteiger charge is 2.34. The number of benzene rings is 1. The number of aromatic hydroxyl groups is 1. The van der Waals surface area contributed by atoms with Crippen molar-refractivity contribution in [2.75, 3.05) is 11.4 Å². The van der Waals surface area contributed by atoms with Crippen molar-refractivity contribution in [1.82, 2.24) is 0 Å². The molecule has 2 N–H and O–H groups in total. The lowest BCUT2D eigenvalue weighted by atomic mass is 9.96. The minimum atomic E-state index is -0.434. The first-order valence-corrected chi connectivity index (χ1v) is 5.79. The van der Waals surface area contributed by atoms with E-state index in [4.69, 9.17) is 0 Å². The molecule has 1 aromatic carbocycles. The predicted octanol–water partition coefficient (Wildman–Crippen LogP) is 2.09. The van der Waals surface area contributed by atoms with Crippen LogP contribution in [0.4, 0.5) is 5.69 Å². The Balaban J connectivity index is 2.49. The molecule has 0 amide bonds. The number of anilines is 1. The van der Waals surface area contributed by atoms with Crippen molar-refractivity contribution in [3.63, 3.8) is 0 Å². The van der Waals surface area contributed by atoms with Crippen molar-refractivity contribution in [3.05, 3.63) is 23.8 Å². The van der Waals surface area contributed by atoms with Crippen LogP contribution in [0.3, 0.4) is 0 Å². The average molecular weight is 221 g/mol. The number of aliphatic hydroxyl groups is 1. The van der Waals surface area contributed by atoms with Gasteiger partial charge in [0.15, 0.2) is 0 Å². The monoisotopic (exact) mass is 221 g/mol. The van der Waals surface area contributed by atoms with E-state index in [0.717, 1.165) is 17.8 Å². The van der Waals surface area contributed by atoms with E-state index in [-0.39, 0.29) is 5.92 Å². The Hall–Kier alpha value is -1.22. The summed E-state index contributed by atoms with van der Waals surface area (Å²) in [6.07, 6.45) is -0.434. The van der Waals surface area contributed by atoms with E-state index in [9.17, 15) is 10.2 Å². The summed E-state index contributed by atoms with van der Waals surface area (Å²) < 4.78 is 0. The maximum absolute atomic E-state index is 9.91. The molecule has 3 heteroatoms. The van der Waals surface area contributed by atoms with Crippen LogP contribution in [0.2, 0.25) is 0 Å². The molecule has 0 radical (unpaired) electrons. The topological polar surface area (TPSA) is 43.7 Å². The quantitative estimate of drug-likeness (QED) is 0.803. The summed E-state index contributed by atoms with van der Waals surface area (Å²) in [5.41, 5.74) is 1.95. The number of rotatable bonds is 2. The van der Waals surface area contributed by atoms with Crippen LogP contribution >= 0.6 is 0 Å². The van der Waals surface area contributed by atoms with Crippen molar-refractivity contribution >= 4 is 5.69 Å². The van der Waals surface area contributed by atoms with Crippen LogP contribution < -0.4 is 4.90 Å². The zero-order valence-electron chi connectivity index (χ0n) is 10.0. The first-order valence-electron chi connectivity index (χ1n) is 5.79. The average Bonchev–Trinajstić information content (AvgIpc) is 2.58. The molecule has 2 unspecified atom stereocenters. The maximum Gasteiger partial charge on any atom is 0.121 e. The van der Waals surface area contributed by atoms with Gasteiger partial charge in [0.25, 0.3) is 0 Å². The predicted molar refractivity (Wildman–Crippen MR) is 65.0 cm³/mol. The molecule has 0 aromatic heterocycles. The molecular formula is C13H19NO2. The first kappa shape index (κ1) is 11.3. The van der Waals surface area contributed by atoms with Crippen LogP contribution in [0.15, 0.2) is 18.2 Å². The third-order valence-electron chi connectivity index (χ3n) is 3.34. The van der Waals surface area contributed by atoms with Gasteiger partial charge < -0.3 is 15.1 Å². The summed E-state index contributed by atoms with van der Waals surface area (Å²) in [5.74, 6) is 0.310. The Labute approximate surface area is 96.3 Å². The van der Waals surface area contributed by atoms with E-state index >= 15 is 0 Å². The van der Waals surface area contributed by atoms with Crippen LogP contribution in [-0.4, -0.2) is 28.9 Å². The van der Waals surface area contributed by atoms with E-state index in [0.29, 0.717) is 11.8 Å². The molecule has 3 nitrogen and oxygen atoms in total. The van der Waals surface area contributed by atoms with Crippen LogP contribution in [0.25, 0.3) is 0 Å². The molecule has 1 heterocycles. The van der Waals surface area contributed by atoms with Gasteiger partial charge in [-0.15, -0.1) is 0 Å². The highest BCUT2D eigenvalue weighted by molar-refractivity contribution is 5.65. The second-order valence-electron chi connectivity index (χ2n) is 4.80. The van der Waals surface area contributed by atoms with Gasteiger partial charge in [-0.3, -0.25) is 0 Å². The molecule has 1 aliphatic rings. The standard InChI is InChI=1S/C13H19NO2/c1-8(2)14-7-10(9(3)15)13-11(14)5-4-6-12(13)16/h4-6,8-10,15-16H,7H2,1-3H3. The fraction of sp³-hybridized carbons (Fsp3) is 0.538. The van der Waals surface area contributed by atoms with E-state index in [1.54, 1.807) is 13.0 Å². The normalized spacial score (nSPS) is 21.3.